The molecule has 1 fully saturated rings. The zero-order valence-corrected chi connectivity index (χ0v) is 23.4. The molecular formula is C27H40F4N8. The monoisotopic (exact) mass is 552 g/mol. The SMILES string of the molecule is CCN(C)C/C(C(=N)N1CCC(c2nc(-c3ccc(F)c(C(F)(F)F)c3)cn2CCN(C)C)CC1)=C(\N)NC. The lowest BCUT2D eigenvalue weighted by atomic mass is 9.95. The molecule has 12 heteroatoms. The standard InChI is InChI=1S/C27H40F4N8/c1-6-37(5)16-20(24(32)34-2)25(33)38-11-9-18(10-12-38)26-35-23(17-39(26)14-13-36(3)4)19-7-8-22(28)21(15-19)27(29,30)31/h7-8,15,17-18,33-34H,6,9-14,16,32H2,1-5H3/b24-20-,33-25?. The third-order valence-corrected chi connectivity index (χ3v) is 7.19. The van der Waals surface area contributed by atoms with E-state index in [1.807, 2.05) is 42.4 Å². The molecule has 8 nitrogen and oxygen atoms in total. The van der Waals surface area contributed by atoms with Crippen LogP contribution in [0.25, 0.3) is 11.3 Å². The minimum absolute atomic E-state index is 0.0693. The number of benzene rings is 1. The summed E-state index contributed by atoms with van der Waals surface area (Å²) in [5, 5.41) is 11.8. The number of hydrogen-bond acceptors (Lipinski definition) is 6. The fraction of sp³-hybridized carbons (Fsp3) is 0.556. The van der Waals surface area contributed by atoms with Gasteiger partial charge < -0.3 is 30.3 Å². The molecular weight excluding hydrogens is 512 g/mol. The van der Waals surface area contributed by atoms with Crippen molar-refractivity contribution < 1.29 is 17.6 Å². The maximum atomic E-state index is 13.9. The Bertz CT molecular complexity index is 1160. The number of alkyl halides is 3. The molecule has 0 radical (unpaired) electrons. The van der Waals surface area contributed by atoms with Crippen LogP contribution in [0.15, 0.2) is 35.8 Å². The van der Waals surface area contributed by atoms with Crippen molar-refractivity contribution in [2.45, 2.75) is 38.4 Å². The molecule has 0 unspecified atom stereocenters. The molecule has 0 saturated carbocycles. The quantitative estimate of drug-likeness (QED) is 0.236. The highest BCUT2D eigenvalue weighted by atomic mass is 19.4. The first kappa shape index (κ1) is 30.4. The van der Waals surface area contributed by atoms with Crippen molar-refractivity contribution in [2.24, 2.45) is 5.73 Å². The Balaban J connectivity index is 1.85. The van der Waals surface area contributed by atoms with Crippen LogP contribution >= 0.6 is 0 Å². The van der Waals surface area contributed by atoms with Gasteiger partial charge in [-0.25, -0.2) is 9.37 Å². The van der Waals surface area contributed by atoms with Crippen LogP contribution in [-0.2, 0) is 12.7 Å². The molecule has 0 spiro atoms. The number of amidine groups is 1. The number of piperidine rings is 1. The van der Waals surface area contributed by atoms with Gasteiger partial charge in [-0.2, -0.15) is 13.2 Å². The van der Waals surface area contributed by atoms with E-state index in [2.05, 4.69) is 10.2 Å². The van der Waals surface area contributed by atoms with Gasteiger partial charge in [-0.1, -0.05) is 6.92 Å². The van der Waals surface area contributed by atoms with E-state index in [9.17, 15) is 17.6 Å². The Morgan fingerprint density at radius 3 is 2.44 bits per heavy atom. The van der Waals surface area contributed by atoms with E-state index in [0.717, 1.165) is 49.5 Å². The molecule has 1 aliphatic rings. The van der Waals surface area contributed by atoms with Gasteiger partial charge in [-0.3, -0.25) is 5.41 Å². The number of nitrogens with one attached hydrogen (secondary N) is 2. The second-order valence-corrected chi connectivity index (χ2v) is 10.3. The van der Waals surface area contributed by atoms with Crippen molar-refractivity contribution in [1.82, 2.24) is 29.6 Å². The summed E-state index contributed by atoms with van der Waals surface area (Å²) >= 11 is 0. The summed E-state index contributed by atoms with van der Waals surface area (Å²) in [5.41, 5.74) is 6.25. The van der Waals surface area contributed by atoms with E-state index in [1.54, 1.807) is 13.2 Å². The van der Waals surface area contributed by atoms with Gasteiger partial charge in [0.15, 0.2) is 0 Å². The minimum atomic E-state index is -4.79. The lowest BCUT2D eigenvalue weighted by Gasteiger charge is -2.35. The number of nitrogens with two attached hydrogens (primary N) is 1. The summed E-state index contributed by atoms with van der Waals surface area (Å²) < 4.78 is 55.9. The summed E-state index contributed by atoms with van der Waals surface area (Å²) in [6.45, 7) is 6.03. The van der Waals surface area contributed by atoms with Gasteiger partial charge in [0.2, 0.25) is 0 Å². The molecule has 4 N–H and O–H groups in total. The molecule has 2 aromatic rings. The van der Waals surface area contributed by atoms with Crippen LogP contribution in [0.1, 0.15) is 37.1 Å². The lowest BCUT2D eigenvalue weighted by Crippen LogP contribution is -2.42. The number of hydrogen-bond donors (Lipinski definition) is 3. The highest BCUT2D eigenvalue weighted by Crippen LogP contribution is 2.35. The molecule has 0 aliphatic carbocycles. The summed E-state index contributed by atoms with van der Waals surface area (Å²) in [4.78, 5) is 10.9. The van der Waals surface area contributed by atoms with Crippen LogP contribution < -0.4 is 11.1 Å². The predicted octanol–water partition coefficient (Wildman–Crippen LogP) is 3.77. The molecule has 216 valence electrons. The number of likely N-dealkylation sites (tertiary alicyclic amines) is 1. The molecule has 0 amide bonds. The fourth-order valence-electron chi connectivity index (χ4n) is 4.66. The van der Waals surface area contributed by atoms with Gasteiger partial charge in [0, 0.05) is 63.0 Å². The highest BCUT2D eigenvalue weighted by Gasteiger charge is 2.35. The number of imidazole rings is 1. The molecule has 0 bridgehead atoms. The average molecular weight is 553 g/mol. The number of nitrogens with zero attached hydrogens (tertiary/aromatic N) is 5. The van der Waals surface area contributed by atoms with Gasteiger partial charge in [0.25, 0.3) is 0 Å². The third kappa shape index (κ3) is 7.51. The topological polar surface area (TPSA) is 89.4 Å². The van der Waals surface area contributed by atoms with Gasteiger partial charge in [-0.05, 0) is 58.7 Å². The molecule has 39 heavy (non-hydrogen) atoms. The highest BCUT2D eigenvalue weighted by molar-refractivity contribution is 5.96. The normalized spacial score (nSPS) is 15.7. The Labute approximate surface area is 228 Å². The van der Waals surface area contributed by atoms with E-state index in [-0.39, 0.29) is 11.5 Å². The van der Waals surface area contributed by atoms with Crippen LogP contribution in [-0.4, -0.2) is 91.0 Å². The first-order valence-corrected chi connectivity index (χ1v) is 13.1. The molecule has 3 rings (SSSR count). The van der Waals surface area contributed by atoms with Crippen LogP contribution in [0, 0.1) is 11.2 Å². The van der Waals surface area contributed by atoms with E-state index in [4.69, 9.17) is 16.1 Å². The second kappa shape index (κ2) is 12.8. The van der Waals surface area contributed by atoms with Crippen LogP contribution in [0.5, 0.6) is 0 Å². The molecule has 1 aromatic carbocycles. The fourth-order valence-corrected chi connectivity index (χ4v) is 4.66. The second-order valence-electron chi connectivity index (χ2n) is 10.3. The Morgan fingerprint density at radius 1 is 1.21 bits per heavy atom. The Kier molecular flexibility index (Phi) is 10.0. The average Bonchev–Trinajstić information content (AvgIpc) is 3.33. The summed E-state index contributed by atoms with van der Waals surface area (Å²) in [5.74, 6) is 0.435. The predicted molar refractivity (Wildman–Crippen MR) is 146 cm³/mol. The zero-order valence-electron chi connectivity index (χ0n) is 23.4. The van der Waals surface area contributed by atoms with Crippen molar-refractivity contribution in [3.8, 4) is 11.3 Å². The van der Waals surface area contributed by atoms with Gasteiger partial charge in [-0.15, -0.1) is 0 Å². The first-order chi connectivity index (χ1) is 18.3. The van der Waals surface area contributed by atoms with Gasteiger partial charge in [0.1, 0.15) is 23.3 Å². The smallest absolute Gasteiger partial charge is 0.385 e. The summed E-state index contributed by atoms with van der Waals surface area (Å²) in [7, 11) is 7.63. The van der Waals surface area contributed by atoms with E-state index in [0.29, 0.717) is 43.5 Å². The van der Waals surface area contributed by atoms with Crippen molar-refractivity contribution in [1.29, 1.82) is 5.41 Å². The number of halogens is 4. The summed E-state index contributed by atoms with van der Waals surface area (Å²) in [6, 6.07) is 3.01. The van der Waals surface area contributed by atoms with E-state index in [1.165, 1.54) is 6.07 Å². The molecule has 0 atom stereocenters. The number of likely N-dealkylation sites (N-methyl/N-ethyl adjacent to an activating group) is 2. The Hall–Kier alpha value is -3.12. The molecule has 2 heterocycles. The van der Waals surface area contributed by atoms with Crippen molar-refractivity contribution in [2.75, 3.05) is 60.9 Å². The Morgan fingerprint density at radius 2 is 1.87 bits per heavy atom. The van der Waals surface area contributed by atoms with Gasteiger partial charge >= 0.3 is 6.18 Å². The van der Waals surface area contributed by atoms with E-state index >= 15 is 0 Å². The first-order valence-electron chi connectivity index (χ1n) is 13.1. The van der Waals surface area contributed by atoms with Gasteiger partial charge in [0.05, 0.1) is 11.3 Å². The summed E-state index contributed by atoms with van der Waals surface area (Å²) in [6.07, 6.45) is -1.57. The van der Waals surface area contributed by atoms with Crippen LogP contribution in [0.2, 0.25) is 0 Å². The van der Waals surface area contributed by atoms with E-state index < -0.39 is 17.6 Å². The zero-order chi connectivity index (χ0) is 28.9. The maximum absolute atomic E-state index is 13.9. The molecule has 1 aromatic heterocycles. The van der Waals surface area contributed by atoms with Crippen molar-refractivity contribution in [3.05, 3.63) is 53.0 Å². The number of aromatic nitrogens is 2. The van der Waals surface area contributed by atoms with Crippen LogP contribution in [0.4, 0.5) is 17.6 Å². The van der Waals surface area contributed by atoms with Crippen molar-refractivity contribution in [3.63, 3.8) is 0 Å². The van der Waals surface area contributed by atoms with Crippen molar-refractivity contribution >= 4 is 5.84 Å². The lowest BCUT2D eigenvalue weighted by molar-refractivity contribution is -0.139. The van der Waals surface area contributed by atoms with Crippen LogP contribution in [0.3, 0.4) is 0 Å². The number of rotatable bonds is 10. The molecule has 1 saturated heterocycles. The third-order valence-electron chi connectivity index (χ3n) is 7.19. The minimum Gasteiger partial charge on any atom is -0.385 e. The maximum Gasteiger partial charge on any atom is 0.419 e. The molecule has 1 aliphatic heterocycles. The largest absolute Gasteiger partial charge is 0.419 e.